The maximum absolute atomic E-state index is 11.8. The maximum atomic E-state index is 11.8. The number of hydrogen-bond acceptors (Lipinski definition) is 6. The predicted molar refractivity (Wildman–Crippen MR) is 112 cm³/mol. The topological polar surface area (TPSA) is 114 Å². The Morgan fingerprint density at radius 3 is 2.52 bits per heavy atom. The first kappa shape index (κ1) is 22.2. The fraction of sp³-hybridized carbons (Fsp3) is 0.500. The second-order valence-corrected chi connectivity index (χ2v) is 7.43. The number of anilines is 1. The summed E-state index contributed by atoms with van der Waals surface area (Å²) in [6.07, 6.45) is 0.339. The summed E-state index contributed by atoms with van der Waals surface area (Å²) in [7, 11) is 0. The number of carbonyl (C=O) groups is 1. The number of guanidine groups is 1. The number of ether oxygens (including phenoxy) is 1. The van der Waals surface area contributed by atoms with Crippen molar-refractivity contribution in [1.29, 1.82) is 0 Å². The molecule has 3 N–H and O–H groups in total. The predicted octanol–water partition coefficient (Wildman–Crippen LogP) is 3.02. The molecule has 0 radical (unpaired) electrons. The van der Waals surface area contributed by atoms with Gasteiger partial charge in [0.25, 0.3) is 0 Å². The molecule has 0 aliphatic heterocycles. The van der Waals surface area contributed by atoms with E-state index in [1.807, 2.05) is 52.0 Å². The van der Waals surface area contributed by atoms with Gasteiger partial charge in [0.15, 0.2) is 11.8 Å². The van der Waals surface area contributed by atoms with Gasteiger partial charge in [-0.3, -0.25) is 5.32 Å². The third-order valence-corrected chi connectivity index (χ3v) is 3.59. The number of rotatable bonds is 7. The first-order valence-corrected chi connectivity index (χ1v) is 9.65. The average Bonchev–Trinajstić information content (AvgIpc) is 3.05. The van der Waals surface area contributed by atoms with Crippen LogP contribution in [0.4, 0.5) is 10.5 Å². The fourth-order valence-electron chi connectivity index (χ4n) is 2.39. The molecule has 2 rings (SSSR count). The zero-order valence-electron chi connectivity index (χ0n) is 17.7. The second kappa shape index (κ2) is 10.4. The van der Waals surface area contributed by atoms with Crippen LogP contribution in [0.15, 0.2) is 33.8 Å². The van der Waals surface area contributed by atoms with Crippen LogP contribution in [-0.2, 0) is 17.7 Å². The quantitative estimate of drug-likeness (QED) is 0.482. The number of benzene rings is 1. The number of aryl methyl sites for hydroxylation is 1. The van der Waals surface area contributed by atoms with Crippen LogP contribution >= 0.6 is 0 Å². The third-order valence-electron chi connectivity index (χ3n) is 3.59. The molecule has 0 saturated heterocycles. The van der Waals surface area contributed by atoms with E-state index in [-0.39, 0.29) is 0 Å². The second-order valence-electron chi connectivity index (χ2n) is 7.43. The Kier molecular flexibility index (Phi) is 7.99. The number of nitrogens with one attached hydrogen (secondary N) is 3. The molecule has 1 heterocycles. The van der Waals surface area contributed by atoms with Crippen molar-refractivity contribution in [2.24, 2.45) is 4.99 Å². The van der Waals surface area contributed by atoms with Crippen LogP contribution in [0.1, 0.15) is 45.0 Å². The van der Waals surface area contributed by atoms with Crippen molar-refractivity contribution in [3.05, 3.63) is 41.5 Å². The summed E-state index contributed by atoms with van der Waals surface area (Å²) in [4.78, 5) is 20.4. The smallest absolute Gasteiger partial charge is 0.412 e. The van der Waals surface area contributed by atoms with Crippen LogP contribution in [0.2, 0.25) is 0 Å². The van der Waals surface area contributed by atoms with E-state index in [1.54, 1.807) is 6.92 Å². The van der Waals surface area contributed by atoms with E-state index in [0.29, 0.717) is 36.5 Å². The molecule has 0 spiro atoms. The first-order chi connectivity index (χ1) is 13.7. The van der Waals surface area contributed by atoms with Crippen molar-refractivity contribution < 1.29 is 14.1 Å². The Morgan fingerprint density at radius 2 is 1.93 bits per heavy atom. The minimum Gasteiger partial charge on any atom is -0.444 e. The number of hydrogen-bond donors (Lipinski definition) is 3. The maximum Gasteiger partial charge on any atom is 0.412 e. The van der Waals surface area contributed by atoms with Crippen molar-refractivity contribution in [2.45, 2.75) is 53.2 Å². The summed E-state index contributed by atoms with van der Waals surface area (Å²) in [6, 6.07) is 7.66. The van der Waals surface area contributed by atoms with Crippen molar-refractivity contribution in [1.82, 2.24) is 20.8 Å². The minimum atomic E-state index is -0.524. The van der Waals surface area contributed by atoms with Gasteiger partial charge < -0.3 is 19.9 Å². The van der Waals surface area contributed by atoms with Gasteiger partial charge in [0.05, 0.1) is 0 Å². The molecule has 29 heavy (non-hydrogen) atoms. The lowest BCUT2D eigenvalue weighted by Gasteiger charge is -2.19. The number of aliphatic imine (C=N–C) groups is 1. The van der Waals surface area contributed by atoms with E-state index >= 15 is 0 Å². The van der Waals surface area contributed by atoms with Crippen LogP contribution in [0, 0.1) is 6.92 Å². The van der Waals surface area contributed by atoms with E-state index in [1.165, 1.54) is 0 Å². The van der Waals surface area contributed by atoms with Gasteiger partial charge in [-0.2, -0.15) is 4.98 Å². The molecule has 0 saturated carbocycles. The number of aromatic nitrogens is 2. The lowest BCUT2D eigenvalue weighted by atomic mass is 10.1. The van der Waals surface area contributed by atoms with Crippen LogP contribution in [0.25, 0.3) is 0 Å². The van der Waals surface area contributed by atoms with E-state index in [2.05, 4.69) is 31.1 Å². The molecule has 2 aromatic rings. The normalized spacial score (nSPS) is 11.8. The lowest BCUT2D eigenvalue weighted by Crippen LogP contribution is -2.38. The molecule has 0 bridgehead atoms. The summed E-state index contributed by atoms with van der Waals surface area (Å²) in [6.45, 7) is 11.0. The zero-order chi connectivity index (χ0) is 21.3. The summed E-state index contributed by atoms with van der Waals surface area (Å²) in [5.74, 6) is 1.76. The highest BCUT2D eigenvalue weighted by Gasteiger charge is 2.16. The molecule has 0 aliphatic carbocycles. The molecule has 0 atom stereocenters. The molecule has 0 aliphatic rings. The van der Waals surface area contributed by atoms with Crippen LogP contribution in [0.5, 0.6) is 0 Å². The Morgan fingerprint density at radius 1 is 1.21 bits per heavy atom. The first-order valence-electron chi connectivity index (χ1n) is 9.65. The Bertz CT molecular complexity index is 808. The number of nitrogens with zero attached hydrogens (tertiary/aromatic N) is 3. The largest absolute Gasteiger partial charge is 0.444 e. The standard InChI is InChI=1S/C20H30N6O3/c1-6-21-18(23-13-17-24-14(2)26-29-17)22-12-11-15-7-9-16(10-8-15)25-19(27)28-20(3,4)5/h7-10H,6,11-13H2,1-5H3,(H,25,27)(H2,21,22,23). The summed E-state index contributed by atoms with van der Waals surface area (Å²) < 4.78 is 10.3. The van der Waals surface area contributed by atoms with Crippen molar-refractivity contribution in [2.75, 3.05) is 18.4 Å². The van der Waals surface area contributed by atoms with Gasteiger partial charge >= 0.3 is 6.09 Å². The molecule has 158 valence electrons. The molecule has 0 unspecified atom stereocenters. The van der Waals surface area contributed by atoms with Gasteiger partial charge in [-0.15, -0.1) is 0 Å². The van der Waals surface area contributed by atoms with Gasteiger partial charge in [0, 0.05) is 18.8 Å². The number of amides is 1. The van der Waals surface area contributed by atoms with Crippen LogP contribution in [0.3, 0.4) is 0 Å². The fourth-order valence-corrected chi connectivity index (χ4v) is 2.39. The van der Waals surface area contributed by atoms with Crippen LogP contribution < -0.4 is 16.0 Å². The van der Waals surface area contributed by atoms with E-state index in [4.69, 9.17) is 9.26 Å². The van der Waals surface area contributed by atoms with Gasteiger partial charge in [-0.05, 0) is 58.7 Å². The lowest BCUT2D eigenvalue weighted by molar-refractivity contribution is 0.0636. The van der Waals surface area contributed by atoms with Crippen LogP contribution in [-0.4, -0.2) is 40.9 Å². The van der Waals surface area contributed by atoms with Gasteiger partial charge in [0.1, 0.15) is 12.1 Å². The third kappa shape index (κ3) is 8.63. The van der Waals surface area contributed by atoms with Gasteiger partial charge in [0.2, 0.25) is 5.89 Å². The molecule has 1 amide bonds. The molecule has 0 fully saturated rings. The minimum absolute atomic E-state index is 0.321. The highest BCUT2D eigenvalue weighted by atomic mass is 16.6. The summed E-state index contributed by atoms with van der Waals surface area (Å²) in [5, 5.41) is 12.9. The Balaban J connectivity index is 1.81. The SMILES string of the molecule is CCNC(=NCc1nc(C)no1)NCCc1ccc(NC(=O)OC(C)(C)C)cc1. The zero-order valence-corrected chi connectivity index (χ0v) is 17.7. The summed E-state index contributed by atoms with van der Waals surface area (Å²) in [5.41, 5.74) is 1.31. The molecule has 9 heteroatoms. The van der Waals surface area contributed by atoms with Crippen molar-refractivity contribution >= 4 is 17.7 Å². The molecule has 1 aromatic heterocycles. The van der Waals surface area contributed by atoms with Gasteiger partial charge in [-0.1, -0.05) is 17.3 Å². The van der Waals surface area contributed by atoms with Gasteiger partial charge in [-0.25, -0.2) is 9.79 Å². The highest BCUT2D eigenvalue weighted by Crippen LogP contribution is 2.13. The van der Waals surface area contributed by atoms with E-state index in [0.717, 1.165) is 18.5 Å². The average molecular weight is 402 g/mol. The molecular weight excluding hydrogens is 372 g/mol. The monoisotopic (exact) mass is 402 g/mol. The highest BCUT2D eigenvalue weighted by molar-refractivity contribution is 5.84. The van der Waals surface area contributed by atoms with Crippen molar-refractivity contribution in [3.63, 3.8) is 0 Å². The molecule has 1 aromatic carbocycles. The number of carbonyl (C=O) groups excluding carboxylic acids is 1. The van der Waals surface area contributed by atoms with E-state index in [9.17, 15) is 4.79 Å². The van der Waals surface area contributed by atoms with E-state index < -0.39 is 11.7 Å². The summed E-state index contributed by atoms with van der Waals surface area (Å²) >= 11 is 0. The Labute approximate surface area is 171 Å². The molecule has 9 nitrogen and oxygen atoms in total. The molecular formula is C20H30N6O3. The van der Waals surface area contributed by atoms with Crippen molar-refractivity contribution in [3.8, 4) is 0 Å². The Hall–Kier alpha value is -3.10.